The second-order valence-electron chi connectivity index (χ2n) is 7.01. The van der Waals surface area contributed by atoms with Crippen LogP contribution in [0.2, 0.25) is 0 Å². The average Bonchev–Trinajstić information content (AvgIpc) is 3.01. The highest BCUT2D eigenvalue weighted by Gasteiger charge is 2.28. The number of nitrogens with zero attached hydrogens (tertiary/aromatic N) is 2. The molecule has 3 aromatic rings. The third kappa shape index (κ3) is 3.47. The van der Waals surface area contributed by atoms with Crippen LogP contribution in [0, 0.1) is 0 Å². The summed E-state index contributed by atoms with van der Waals surface area (Å²) in [5, 5.41) is 5.29. The Bertz CT molecular complexity index is 1050. The van der Waals surface area contributed by atoms with E-state index < -0.39 is 0 Å². The maximum absolute atomic E-state index is 12.6. The SMILES string of the molecule is CCn1c2ccccc2c2cc(NC(=O)CN3CCSCC3C(N)=O)ccc21. The molecule has 2 amide bonds. The lowest BCUT2D eigenvalue weighted by atomic mass is 10.1. The third-order valence-corrected chi connectivity index (χ3v) is 6.31. The van der Waals surface area contributed by atoms with Crippen molar-refractivity contribution in [2.45, 2.75) is 19.5 Å². The van der Waals surface area contributed by atoms with E-state index in [1.807, 2.05) is 29.2 Å². The van der Waals surface area contributed by atoms with E-state index >= 15 is 0 Å². The van der Waals surface area contributed by atoms with Gasteiger partial charge in [-0.1, -0.05) is 18.2 Å². The second-order valence-corrected chi connectivity index (χ2v) is 8.15. The molecule has 1 atom stereocenters. The van der Waals surface area contributed by atoms with Crippen LogP contribution in [-0.4, -0.2) is 51.9 Å². The number of nitrogens with two attached hydrogens (primary N) is 1. The maximum atomic E-state index is 12.6. The lowest BCUT2D eigenvalue weighted by Crippen LogP contribution is -2.52. The van der Waals surface area contributed by atoms with E-state index in [4.69, 9.17) is 5.73 Å². The van der Waals surface area contributed by atoms with Crippen LogP contribution in [0.4, 0.5) is 5.69 Å². The third-order valence-electron chi connectivity index (χ3n) is 5.29. The molecule has 0 spiro atoms. The topological polar surface area (TPSA) is 80.4 Å². The van der Waals surface area contributed by atoms with Gasteiger partial charge < -0.3 is 15.6 Å². The number of amides is 2. The molecule has 1 fully saturated rings. The van der Waals surface area contributed by atoms with E-state index in [1.165, 1.54) is 10.9 Å². The van der Waals surface area contributed by atoms with E-state index in [0.717, 1.165) is 28.9 Å². The van der Waals surface area contributed by atoms with Gasteiger partial charge in [-0.15, -0.1) is 0 Å². The Balaban J connectivity index is 1.57. The highest BCUT2D eigenvalue weighted by atomic mass is 32.2. The van der Waals surface area contributed by atoms with Crippen LogP contribution in [0.15, 0.2) is 42.5 Å². The summed E-state index contributed by atoms with van der Waals surface area (Å²) in [6, 6.07) is 13.9. The minimum atomic E-state index is -0.380. The zero-order valence-electron chi connectivity index (χ0n) is 15.9. The molecule has 3 N–H and O–H groups in total. The Morgan fingerprint density at radius 2 is 1.96 bits per heavy atom. The Labute approximate surface area is 168 Å². The van der Waals surface area contributed by atoms with Crippen LogP contribution in [-0.2, 0) is 16.1 Å². The zero-order valence-corrected chi connectivity index (χ0v) is 16.7. The standard InChI is InChI=1S/C21H24N4O2S/c1-2-25-17-6-4-3-5-15(17)16-11-14(7-8-18(16)25)23-20(26)12-24-9-10-28-13-19(24)21(22)27/h3-8,11,19H,2,9-10,12-13H2,1H3,(H2,22,27)(H,23,26). The molecule has 0 saturated carbocycles. The molecule has 1 saturated heterocycles. The summed E-state index contributed by atoms with van der Waals surface area (Å²) < 4.78 is 2.28. The number of primary amides is 1. The lowest BCUT2D eigenvalue weighted by Gasteiger charge is -2.32. The number of carbonyl (C=O) groups is 2. The van der Waals surface area contributed by atoms with Crippen LogP contribution >= 0.6 is 11.8 Å². The Hall–Kier alpha value is -2.51. The van der Waals surface area contributed by atoms with Crippen LogP contribution in [0.1, 0.15) is 6.92 Å². The van der Waals surface area contributed by atoms with Gasteiger partial charge in [-0.2, -0.15) is 11.8 Å². The number of anilines is 1. The number of para-hydroxylation sites is 1. The fourth-order valence-electron chi connectivity index (χ4n) is 3.95. The molecule has 0 radical (unpaired) electrons. The van der Waals surface area contributed by atoms with Crippen molar-refractivity contribution in [3.05, 3.63) is 42.5 Å². The number of benzene rings is 2. The van der Waals surface area contributed by atoms with E-state index in [0.29, 0.717) is 12.3 Å². The summed E-state index contributed by atoms with van der Waals surface area (Å²) in [5.41, 5.74) is 8.60. The van der Waals surface area contributed by atoms with E-state index in [9.17, 15) is 9.59 Å². The number of carbonyl (C=O) groups excluding carboxylic acids is 2. The molecule has 1 aliphatic rings. The number of fused-ring (bicyclic) bond motifs is 3. The van der Waals surface area contributed by atoms with E-state index in [1.54, 1.807) is 11.8 Å². The van der Waals surface area contributed by atoms with Crippen molar-refractivity contribution in [1.29, 1.82) is 0 Å². The first kappa shape index (κ1) is 18.8. The minimum absolute atomic E-state index is 0.128. The molecule has 0 bridgehead atoms. The molecule has 1 unspecified atom stereocenters. The number of aryl methyl sites for hydroxylation is 1. The highest BCUT2D eigenvalue weighted by molar-refractivity contribution is 7.99. The number of hydrogen-bond donors (Lipinski definition) is 2. The van der Waals surface area contributed by atoms with Gasteiger partial charge in [0.25, 0.3) is 0 Å². The van der Waals surface area contributed by atoms with Gasteiger partial charge in [0.1, 0.15) is 0 Å². The molecule has 146 valence electrons. The predicted molar refractivity (Wildman–Crippen MR) is 116 cm³/mol. The molecule has 28 heavy (non-hydrogen) atoms. The molecule has 2 heterocycles. The number of nitrogens with one attached hydrogen (secondary N) is 1. The maximum Gasteiger partial charge on any atom is 0.238 e. The molecule has 1 aliphatic heterocycles. The summed E-state index contributed by atoms with van der Waals surface area (Å²) in [6.07, 6.45) is 0. The molecular formula is C21H24N4O2S. The van der Waals surface area contributed by atoms with Crippen LogP contribution < -0.4 is 11.1 Å². The van der Waals surface area contributed by atoms with Gasteiger partial charge in [-0.25, -0.2) is 0 Å². The first-order valence-electron chi connectivity index (χ1n) is 9.50. The van der Waals surface area contributed by atoms with Crippen LogP contribution in [0.25, 0.3) is 21.8 Å². The molecule has 7 heteroatoms. The van der Waals surface area contributed by atoms with E-state index in [2.05, 4.69) is 35.0 Å². The number of rotatable bonds is 5. The molecule has 4 rings (SSSR count). The summed E-state index contributed by atoms with van der Waals surface area (Å²) in [5.74, 6) is 1.05. The summed E-state index contributed by atoms with van der Waals surface area (Å²) in [6.45, 7) is 3.88. The summed E-state index contributed by atoms with van der Waals surface area (Å²) in [4.78, 5) is 26.1. The summed E-state index contributed by atoms with van der Waals surface area (Å²) in [7, 11) is 0. The quantitative estimate of drug-likeness (QED) is 0.695. The van der Waals surface area contributed by atoms with Crippen molar-refractivity contribution in [2.24, 2.45) is 5.73 Å². The van der Waals surface area contributed by atoms with Gasteiger partial charge >= 0.3 is 0 Å². The zero-order chi connectivity index (χ0) is 19.7. The van der Waals surface area contributed by atoms with Gasteiger partial charge in [0.15, 0.2) is 0 Å². The molecule has 6 nitrogen and oxygen atoms in total. The normalized spacial score (nSPS) is 17.8. The van der Waals surface area contributed by atoms with Crippen molar-refractivity contribution >= 4 is 51.1 Å². The van der Waals surface area contributed by atoms with E-state index in [-0.39, 0.29) is 24.4 Å². The van der Waals surface area contributed by atoms with Crippen molar-refractivity contribution in [2.75, 3.05) is 29.9 Å². The molecular weight excluding hydrogens is 372 g/mol. The highest BCUT2D eigenvalue weighted by Crippen LogP contribution is 2.31. The fourth-order valence-corrected chi connectivity index (χ4v) is 5.08. The van der Waals surface area contributed by atoms with Gasteiger partial charge in [0.2, 0.25) is 11.8 Å². The monoisotopic (exact) mass is 396 g/mol. The van der Waals surface area contributed by atoms with Crippen LogP contribution in [0.5, 0.6) is 0 Å². The predicted octanol–water partition coefficient (Wildman–Crippen LogP) is 2.66. The number of hydrogen-bond acceptors (Lipinski definition) is 4. The van der Waals surface area contributed by atoms with Crippen molar-refractivity contribution in [1.82, 2.24) is 9.47 Å². The van der Waals surface area contributed by atoms with Crippen molar-refractivity contribution in [3.8, 4) is 0 Å². The van der Waals surface area contributed by atoms with Gasteiger partial charge in [-0.3, -0.25) is 14.5 Å². The first-order chi connectivity index (χ1) is 13.6. The molecule has 0 aliphatic carbocycles. The minimum Gasteiger partial charge on any atom is -0.368 e. The molecule has 1 aromatic heterocycles. The fraction of sp³-hybridized carbons (Fsp3) is 0.333. The number of aromatic nitrogens is 1. The Morgan fingerprint density at radius 3 is 2.75 bits per heavy atom. The average molecular weight is 397 g/mol. The number of thioether (sulfide) groups is 1. The summed E-state index contributed by atoms with van der Waals surface area (Å²) >= 11 is 1.70. The Morgan fingerprint density at radius 1 is 1.18 bits per heavy atom. The Kier molecular flexibility index (Phi) is 5.28. The second kappa shape index (κ2) is 7.85. The lowest BCUT2D eigenvalue weighted by molar-refractivity contribution is -0.124. The van der Waals surface area contributed by atoms with Gasteiger partial charge in [0.05, 0.1) is 12.6 Å². The van der Waals surface area contributed by atoms with Gasteiger partial charge in [0, 0.05) is 52.1 Å². The van der Waals surface area contributed by atoms with Crippen molar-refractivity contribution < 1.29 is 9.59 Å². The first-order valence-corrected chi connectivity index (χ1v) is 10.7. The van der Waals surface area contributed by atoms with Crippen molar-refractivity contribution in [3.63, 3.8) is 0 Å². The largest absolute Gasteiger partial charge is 0.368 e. The van der Waals surface area contributed by atoms with Crippen LogP contribution in [0.3, 0.4) is 0 Å². The molecule has 2 aromatic carbocycles. The van der Waals surface area contributed by atoms with Gasteiger partial charge in [-0.05, 0) is 31.2 Å². The smallest absolute Gasteiger partial charge is 0.238 e.